The summed E-state index contributed by atoms with van der Waals surface area (Å²) in [7, 11) is 0. The molecule has 82 valence electrons. The summed E-state index contributed by atoms with van der Waals surface area (Å²) < 4.78 is 0. The summed E-state index contributed by atoms with van der Waals surface area (Å²) in [5.74, 6) is -0.373. The first-order valence-corrected chi connectivity index (χ1v) is 5.17. The van der Waals surface area contributed by atoms with Gasteiger partial charge in [0.05, 0.1) is 16.3 Å². The zero-order valence-electron chi connectivity index (χ0n) is 8.93. The molecule has 3 nitrogen and oxygen atoms in total. The van der Waals surface area contributed by atoms with Gasteiger partial charge in [-0.3, -0.25) is 9.59 Å². The standard InChI is InChI=1S/C12H10ClNO2/c1-5-6(2)12(16)9-7(11(5)15)3-4-8(13)10(9)14/h3-4H,14H2,1-2H3. The number of fused-ring (bicyclic) bond motifs is 1. The summed E-state index contributed by atoms with van der Waals surface area (Å²) >= 11 is 5.84. The van der Waals surface area contributed by atoms with Crippen LogP contribution in [0.25, 0.3) is 0 Å². The predicted octanol–water partition coefficient (Wildman–Crippen LogP) is 2.64. The molecule has 0 fully saturated rings. The molecule has 1 aromatic carbocycles. The average Bonchev–Trinajstić information content (AvgIpc) is 2.27. The van der Waals surface area contributed by atoms with E-state index in [4.69, 9.17) is 17.3 Å². The molecule has 2 N–H and O–H groups in total. The zero-order chi connectivity index (χ0) is 12.0. The Kier molecular flexibility index (Phi) is 2.35. The number of nitrogens with two attached hydrogens (primary N) is 1. The van der Waals surface area contributed by atoms with Crippen molar-refractivity contribution in [1.82, 2.24) is 0 Å². The first-order chi connectivity index (χ1) is 7.45. The van der Waals surface area contributed by atoms with Crippen molar-refractivity contribution in [1.29, 1.82) is 0 Å². The fraction of sp³-hybridized carbons (Fsp3) is 0.167. The molecule has 0 spiro atoms. The first kappa shape index (κ1) is 10.9. The van der Waals surface area contributed by atoms with E-state index in [1.165, 1.54) is 6.07 Å². The van der Waals surface area contributed by atoms with Crippen molar-refractivity contribution in [3.8, 4) is 0 Å². The van der Waals surface area contributed by atoms with Crippen LogP contribution in [-0.4, -0.2) is 11.6 Å². The number of Topliss-reactive ketones (excluding diaryl/α,β-unsaturated/α-hetero) is 2. The molecule has 1 aromatic rings. The average molecular weight is 236 g/mol. The number of anilines is 1. The second-order valence-electron chi connectivity index (χ2n) is 3.79. The van der Waals surface area contributed by atoms with E-state index < -0.39 is 0 Å². The number of rotatable bonds is 0. The van der Waals surface area contributed by atoms with Gasteiger partial charge in [-0.2, -0.15) is 0 Å². The van der Waals surface area contributed by atoms with Gasteiger partial charge in [0, 0.05) is 16.7 Å². The quantitative estimate of drug-likeness (QED) is 0.704. The van der Waals surface area contributed by atoms with E-state index in [0.717, 1.165) is 0 Å². The second kappa shape index (κ2) is 3.46. The zero-order valence-corrected chi connectivity index (χ0v) is 9.68. The van der Waals surface area contributed by atoms with Crippen LogP contribution in [0, 0.1) is 0 Å². The minimum Gasteiger partial charge on any atom is -0.397 e. The van der Waals surface area contributed by atoms with E-state index in [2.05, 4.69) is 0 Å². The number of hydrogen-bond donors (Lipinski definition) is 1. The molecule has 0 unspecified atom stereocenters. The molecule has 0 aliphatic heterocycles. The highest BCUT2D eigenvalue weighted by Crippen LogP contribution is 2.33. The van der Waals surface area contributed by atoms with Gasteiger partial charge >= 0.3 is 0 Å². The van der Waals surface area contributed by atoms with Crippen molar-refractivity contribution in [3.63, 3.8) is 0 Å². The third-order valence-electron chi connectivity index (χ3n) is 2.91. The highest BCUT2D eigenvalue weighted by Gasteiger charge is 2.29. The molecule has 0 radical (unpaired) electrons. The molecule has 0 heterocycles. The smallest absolute Gasteiger partial charge is 0.192 e. The Morgan fingerprint density at radius 2 is 1.62 bits per heavy atom. The molecule has 1 aliphatic rings. The fourth-order valence-corrected chi connectivity index (χ4v) is 1.92. The van der Waals surface area contributed by atoms with Crippen LogP contribution in [0.4, 0.5) is 5.69 Å². The Morgan fingerprint density at radius 1 is 1.06 bits per heavy atom. The molecule has 4 heteroatoms. The van der Waals surface area contributed by atoms with E-state index in [9.17, 15) is 9.59 Å². The molecule has 0 bridgehead atoms. The Bertz CT molecular complexity index is 558. The van der Waals surface area contributed by atoms with Gasteiger partial charge in [0.2, 0.25) is 0 Å². The van der Waals surface area contributed by atoms with Crippen LogP contribution in [0.2, 0.25) is 5.02 Å². The van der Waals surface area contributed by atoms with Crippen LogP contribution in [0.1, 0.15) is 34.6 Å². The lowest BCUT2D eigenvalue weighted by molar-refractivity contribution is 0.0975. The lowest BCUT2D eigenvalue weighted by Gasteiger charge is -2.18. The number of halogens is 1. The van der Waals surface area contributed by atoms with Gasteiger partial charge < -0.3 is 5.73 Å². The topological polar surface area (TPSA) is 60.2 Å². The number of hydrogen-bond acceptors (Lipinski definition) is 3. The number of ketones is 2. The Labute approximate surface area is 97.9 Å². The van der Waals surface area contributed by atoms with Crippen LogP contribution in [0.5, 0.6) is 0 Å². The Hall–Kier alpha value is -1.61. The fourth-order valence-electron chi connectivity index (χ4n) is 1.76. The third-order valence-corrected chi connectivity index (χ3v) is 3.24. The normalized spacial score (nSPS) is 15.4. The second-order valence-corrected chi connectivity index (χ2v) is 4.20. The molecule has 0 amide bonds. The van der Waals surface area contributed by atoms with Crippen molar-refractivity contribution < 1.29 is 9.59 Å². The van der Waals surface area contributed by atoms with Crippen LogP contribution >= 0.6 is 11.6 Å². The summed E-state index contributed by atoms with van der Waals surface area (Å²) in [5.41, 5.74) is 7.41. The minimum absolute atomic E-state index is 0.157. The largest absolute Gasteiger partial charge is 0.397 e. The maximum absolute atomic E-state index is 12.0. The Balaban J connectivity index is 2.82. The van der Waals surface area contributed by atoms with Crippen molar-refractivity contribution in [2.45, 2.75) is 13.8 Å². The molecule has 0 atom stereocenters. The van der Waals surface area contributed by atoms with Crippen molar-refractivity contribution in [3.05, 3.63) is 39.4 Å². The monoisotopic (exact) mass is 235 g/mol. The third kappa shape index (κ3) is 1.28. The number of carbonyl (C=O) groups is 2. The molecule has 0 saturated heterocycles. The maximum atomic E-state index is 12.0. The lowest BCUT2D eigenvalue weighted by atomic mass is 9.84. The molecular formula is C12H10ClNO2. The van der Waals surface area contributed by atoms with Gasteiger partial charge in [0.1, 0.15) is 0 Å². The maximum Gasteiger partial charge on any atom is 0.192 e. The van der Waals surface area contributed by atoms with Gasteiger partial charge in [-0.05, 0) is 26.0 Å². The molecule has 2 rings (SSSR count). The van der Waals surface area contributed by atoms with Gasteiger partial charge in [-0.1, -0.05) is 11.6 Å². The molecule has 0 saturated carbocycles. The summed E-state index contributed by atoms with van der Waals surface area (Å²) in [6.45, 7) is 3.27. The van der Waals surface area contributed by atoms with E-state index in [-0.39, 0.29) is 22.8 Å². The highest BCUT2D eigenvalue weighted by atomic mass is 35.5. The van der Waals surface area contributed by atoms with E-state index in [1.54, 1.807) is 19.9 Å². The van der Waals surface area contributed by atoms with Gasteiger partial charge in [0.25, 0.3) is 0 Å². The molecule has 1 aliphatic carbocycles. The van der Waals surface area contributed by atoms with Crippen LogP contribution < -0.4 is 5.73 Å². The van der Waals surface area contributed by atoms with Crippen molar-refractivity contribution in [2.75, 3.05) is 5.73 Å². The van der Waals surface area contributed by atoms with E-state index >= 15 is 0 Å². The van der Waals surface area contributed by atoms with Crippen LogP contribution in [0.15, 0.2) is 23.3 Å². The highest BCUT2D eigenvalue weighted by molar-refractivity contribution is 6.36. The van der Waals surface area contributed by atoms with Crippen molar-refractivity contribution in [2.24, 2.45) is 0 Å². The summed E-state index contributed by atoms with van der Waals surface area (Å²) in [6, 6.07) is 3.08. The van der Waals surface area contributed by atoms with Crippen LogP contribution in [-0.2, 0) is 0 Å². The SMILES string of the molecule is CC1=C(C)C(=O)c2c(ccc(Cl)c2N)C1=O. The minimum atomic E-state index is -0.216. The summed E-state index contributed by atoms with van der Waals surface area (Å²) in [6.07, 6.45) is 0. The number of nitrogen functional groups attached to an aromatic ring is 1. The predicted molar refractivity (Wildman–Crippen MR) is 62.9 cm³/mol. The molecular weight excluding hydrogens is 226 g/mol. The first-order valence-electron chi connectivity index (χ1n) is 4.80. The Morgan fingerprint density at radius 3 is 2.25 bits per heavy atom. The lowest BCUT2D eigenvalue weighted by Crippen LogP contribution is -2.21. The molecule has 16 heavy (non-hydrogen) atoms. The number of carbonyl (C=O) groups excluding carboxylic acids is 2. The van der Waals surface area contributed by atoms with E-state index in [1.807, 2.05) is 0 Å². The van der Waals surface area contributed by atoms with E-state index in [0.29, 0.717) is 21.7 Å². The number of allylic oxidation sites excluding steroid dienone is 2. The number of benzene rings is 1. The van der Waals surface area contributed by atoms with Gasteiger partial charge in [0.15, 0.2) is 11.6 Å². The van der Waals surface area contributed by atoms with Crippen molar-refractivity contribution >= 4 is 28.9 Å². The van der Waals surface area contributed by atoms with Gasteiger partial charge in [-0.25, -0.2) is 0 Å². The molecule has 0 aromatic heterocycles. The summed E-state index contributed by atoms with van der Waals surface area (Å²) in [4.78, 5) is 23.9. The summed E-state index contributed by atoms with van der Waals surface area (Å²) in [5, 5.41) is 0.298. The van der Waals surface area contributed by atoms with Crippen LogP contribution in [0.3, 0.4) is 0 Å². The van der Waals surface area contributed by atoms with Gasteiger partial charge in [-0.15, -0.1) is 0 Å².